The van der Waals surface area contributed by atoms with Crippen molar-refractivity contribution in [1.29, 1.82) is 0 Å². The first-order chi connectivity index (χ1) is 5.35. The molecule has 0 aromatic heterocycles. The molecule has 0 radical (unpaired) electrons. The average molecular weight is 158 g/mol. The normalized spacial score (nSPS) is 35.2. The van der Waals surface area contributed by atoms with Crippen LogP contribution in [-0.2, 0) is 14.5 Å². The van der Waals surface area contributed by atoms with Gasteiger partial charge in [-0.2, -0.15) is 0 Å². The summed E-state index contributed by atoms with van der Waals surface area (Å²) < 4.78 is 5.05. The van der Waals surface area contributed by atoms with Crippen LogP contribution in [-0.4, -0.2) is 19.0 Å². The molecule has 0 aromatic rings. The standard InChI is InChI=1S/C8H14O3/c1-9-7-6-8(11-10-7)4-2-3-5-8/h7H,2-6H2,1H3. The van der Waals surface area contributed by atoms with Gasteiger partial charge in [-0.25, -0.2) is 9.78 Å². The second-order valence-electron chi connectivity index (χ2n) is 3.44. The maximum Gasteiger partial charge on any atom is 0.193 e. The predicted molar refractivity (Wildman–Crippen MR) is 38.8 cm³/mol. The fourth-order valence-electron chi connectivity index (χ4n) is 1.96. The van der Waals surface area contributed by atoms with Gasteiger partial charge in [0.25, 0.3) is 0 Å². The van der Waals surface area contributed by atoms with Crippen molar-refractivity contribution >= 4 is 0 Å². The molecule has 0 N–H and O–H groups in total. The fraction of sp³-hybridized carbons (Fsp3) is 1.00. The van der Waals surface area contributed by atoms with Crippen molar-refractivity contribution in [3.8, 4) is 0 Å². The molecule has 1 saturated heterocycles. The third kappa shape index (κ3) is 1.28. The third-order valence-electron chi connectivity index (χ3n) is 2.65. The molecule has 3 nitrogen and oxygen atoms in total. The zero-order valence-corrected chi connectivity index (χ0v) is 6.84. The first kappa shape index (κ1) is 7.53. The van der Waals surface area contributed by atoms with Gasteiger partial charge in [0.2, 0.25) is 0 Å². The number of methoxy groups -OCH3 is 1. The highest BCUT2D eigenvalue weighted by Crippen LogP contribution is 2.41. The lowest BCUT2D eigenvalue weighted by molar-refractivity contribution is -0.358. The van der Waals surface area contributed by atoms with Crippen molar-refractivity contribution in [2.45, 2.75) is 44.0 Å². The molecule has 2 fully saturated rings. The average Bonchev–Trinajstić information content (AvgIpc) is 2.62. The molecule has 1 atom stereocenters. The molecule has 2 aliphatic rings. The summed E-state index contributed by atoms with van der Waals surface area (Å²) in [4.78, 5) is 10.3. The van der Waals surface area contributed by atoms with E-state index in [9.17, 15) is 0 Å². The Kier molecular flexibility index (Phi) is 1.87. The molecule has 1 unspecified atom stereocenters. The van der Waals surface area contributed by atoms with E-state index >= 15 is 0 Å². The highest BCUT2D eigenvalue weighted by Gasteiger charge is 2.44. The quantitative estimate of drug-likeness (QED) is 0.543. The molecule has 64 valence electrons. The Morgan fingerprint density at radius 1 is 1.36 bits per heavy atom. The number of ether oxygens (including phenoxy) is 1. The van der Waals surface area contributed by atoms with Gasteiger partial charge >= 0.3 is 0 Å². The van der Waals surface area contributed by atoms with Gasteiger partial charge < -0.3 is 4.74 Å². The molecule has 2 rings (SSSR count). The SMILES string of the molecule is COC1CC2(CCCC2)OO1. The summed E-state index contributed by atoms with van der Waals surface area (Å²) in [5.74, 6) is 0. The minimum atomic E-state index is -0.131. The maximum atomic E-state index is 5.28. The van der Waals surface area contributed by atoms with Gasteiger partial charge in [-0.1, -0.05) is 12.8 Å². The molecule has 0 amide bonds. The molecule has 0 bridgehead atoms. The molecule has 3 heteroatoms. The maximum absolute atomic E-state index is 5.28. The van der Waals surface area contributed by atoms with Crippen molar-refractivity contribution in [3.05, 3.63) is 0 Å². The van der Waals surface area contributed by atoms with Crippen molar-refractivity contribution in [2.24, 2.45) is 0 Å². The van der Waals surface area contributed by atoms with Crippen LogP contribution in [0, 0.1) is 0 Å². The van der Waals surface area contributed by atoms with E-state index in [1.807, 2.05) is 0 Å². The fourth-order valence-corrected chi connectivity index (χ4v) is 1.96. The van der Waals surface area contributed by atoms with Gasteiger partial charge in [0.05, 0.1) is 0 Å². The van der Waals surface area contributed by atoms with Crippen molar-refractivity contribution < 1.29 is 14.5 Å². The van der Waals surface area contributed by atoms with Gasteiger partial charge in [0.15, 0.2) is 6.29 Å². The van der Waals surface area contributed by atoms with Gasteiger partial charge in [0, 0.05) is 13.5 Å². The zero-order valence-electron chi connectivity index (χ0n) is 6.84. The smallest absolute Gasteiger partial charge is 0.193 e. The molecule has 11 heavy (non-hydrogen) atoms. The van der Waals surface area contributed by atoms with Crippen molar-refractivity contribution in [2.75, 3.05) is 7.11 Å². The number of hydrogen-bond donors (Lipinski definition) is 0. The summed E-state index contributed by atoms with van der Waals surface area (Å²) in [6, 6.07) is 0. The van der Waals surface area contributed by atoms with Gasteiger partial charge in [-0.3, -0.25) is 0 Å². The van der Waals surface area contributed by atoms with Crippen molar-refractivity contribution in [1.82, 2.24) is 0 Å². The highest BCUT2D eigenvalue weighted by molar-refractivity contribution is 4.88. The van der Waals surface area contributed by atoms with Crippen LogP contribution in [0.4, 0.5) is 0 Å². The van der Waals surface area contributed by atoms with E-state index < -0.39 is 0 Å². The summed E-state index contributed by atoms with van der Waals surface area (Å²) in [6.07, 6.45) is 5.57. The van der Waals surface area contributed by atoms with Crippen LogP contribution < -0.4 is 0 Å². The van der Waals surface area contributed by atoms with Crippen LogP contribution in [0.15, 0.2) is 0 Å². The minimum Gasteiger partial charge on any atom is -0.353 e. The lowest BCUT2D eigenvalue weighted by atomic mass is 9.99. The van der Waals surface area contributed by atoms with Crippen LogP contribution in [0.5, 0.6) is 0 Å². The predicted octanol–water partition coefficient (Wildman–Crippen LogP) is 1.62. The summed E-state index contributed by atoms with van der Waals surface area (Å²) >= 11 is 0. The molecule has 1 aliphatic carbocycles. The summed E-state index contributed by atoms with van der Waals surface area (Å²) in [6.45, 7) is 0. The minimum absolute atomic E-state index is 0.0146. The monoisotopic (exact) mass is 158 g/mol. The molecular formula is C8H14O3. The molecule has 1 spiro atoms. The first-order valence-electron chi connectivity index (χ1n) is 4.22. The molecule has 0 aromatic carbocycles. The third-order valence-corrected chi connectivity index (χ3v) is 2.65. The Morgan fingerprint density at radius 3 is 2.64 bits per heavy atom. The Labute approximate surface area is 66.6 Å². The van der Waals surface area contributed by atoms with Crippen LogP contribution in [0.3, 0.4) is 0 Å². The largest absolute Gasteiger partial charge is 0.353 e. The second-order valence-corrected chi connectivity index (χ2v) is 3.44. The van der Waals surface area contributed by atoms with E-state index in [4.69, 9.17) is 14.5 Å². The summed E-state index contributed by atoms with van der Waals surface area (Å²) in [5, 5.41) is 0. The lowest BCUT2D eigenvalue weighted by Gasteiger charge is -2.16. The van der Waals surface area contributed by atoms with E-state index in [1.54, 1.807) is 7.11 Å². The van der Waals surface area contributed by atoms with Crippen LogP contribution in [0.2, 0.25) is 0 Å². The Bertz CT molecular complexity index is 140. The highest BCUT2D eigenvalue weighted by atomic mass is 17.2. The summed E-state index contributed by atoms with van der Waals surface area (Å²) in [7, 11) is 1.65. The van der Waals surface area contributed by atoms with Gasteiger partial charge in [0.1, 0.15) is 5.60 Å². The van der Waals surface area contributed by atoms with E-state index in [0.29, 0.717) is 0 Å². The van der Waals surface area contributed by atoms with Crippen molar-refractivity contribution in [3.63, 3.8) is 0 Å². The van der Waals surface area contributed by atoms with E-state index in [-0.39, 0.29) is 11.9 Å². The molecule has 1 aliphatic heterocycles. The van der Waals surface area contributed by atoms with Gasteiger partial charge in [-0.15, -0.1) is 0 Å². The van der Waals surface area contributed by atoms with Gasteiger partial charge in [-0.05, 0) is 12.8 Å². The van der Waals surface area contributed by atoms with E-state index in [1.165, 1.54) is 12.8 Å². The van der Waals surface area contributed by atoms with Crippen LogP contribution in [0.1, 0.15) is 32.1 Å². The number of rotatable bonds is 1. The molecule has 1 saturated carbocycles. The van der Waals surface area contributed by atoms with E-state index in [0.717, 1.165) is 19.3 Å². The summed E-state index contributed by atoms with van der Waals surface area (Å²) in [5.41, 5.74) is 0.0146. The second kappa shape index (κ2) is 2.73. The Balaban J connectivity index is 1.96. The zero-order chi connectivity index (χ0) is 7.73. The molecule has 1 heterocycles. The Morgan fingerprint density at radius 2 is 2.09 bits per heavy atom. The first-order valence-corrected chi connectivity index (χ1v) is 4.22. The Hall–Kier alpha value is -0.120. The van der Waals surface area contributed by atoms with E-state index in [2.05, 4.69) is 0 Å². The topological polar surface area (TPSA) is 27.7 Å². The lowest BCUT2D eigenvalue weighted by Crippen LogP contribution is -2.23. The van der Waals surface area contributed by atoms with Crippen LogP contribution in [0.25, 0.3) is 0 Å². The molecular weight excluding hydrogens is 144 g/mol. The number of hydrogen-bond acceptors (Lipinski definition) is 3. The van der Waals surface area contributed by atoms with Crippen LogP contribution >= 0.6 is 0 Å².